The van der Waals surface area contributed by atoms with Crippen molar-refractivity contribution in [3.05, 3.63) is 121 Å². The number of rotatable bonds is 2. The van der Waals surface area contributed by atoms with E-state index in [9.17, 15) is 0 Å². The Balaban J connectivity index is 1.46. The molecule has 0 aliphatic carbocycles. The standard InChI is InChI=1S/C31H20N4/c1-4-15-26-23(12-1)24-13-2-5-16-27(24)33(26)21-10-9-11-22(20-21)34-29-18-7-8-19-30(29)35-28-17-6-3-14-25(28)32-31(34)35/h1-20H. The second kappa shape index (κ2) is 6.84. The minimum absolute atomic E-state index is 0.923. The highest BCUT2D eigenvalue weighted by molar-refractivity contribution is 6.09. The smallest absolute Gasteiger partial charge is 0.220 e. The van der Waals surface area contributed by atoms with Crippen LogP contribution in [0.5, 0.6) is 0 Å². The van der Waals surface area contributed by atoms with Gasteiger partial charge in [-0.05, 0) is 54.6 Å². The van der Waals surface area contributed by atoms with E-state index in [4.69, 9.17) is 4.98 Å². The lowest BCUT2D eigenvalue weighted by Gasteiger charge is -2.11. The van der Waals surface area contributed by atoms with Crippen LogP contribution in [0.25, 0.3) is 61.0 Å². The molecule has 8 aromatic rings. The third-order valence-corrected chi connectivity index (χ3v) is 7.03. The summed E-state index contributed by atoms with van der Waals surface area (Å²) in [6, 6.07) is 42.9. The average Bonchev–Trinajstić information content (AvgIpc) is 3.55. The minimum atomic E-state index is 0.923. The molecule has 164 valence electrons. The highest BCUT2D eigenvalue weighted by Gasteiger charge is 2.18. The van der Waals surface area contributed by atoms with Crippen LogP contribution in [0.1, 0.15) is 0 Å². The number of imidazole rings is 2. The van der Waals surface area contributed by atoms with Gasteiger partial charge in [-0.2, -0.15) is 0 Å². The summed E-state index contributed by atoms with van der Waals surface area (Å²) >= 11 is 0. The van der Waals surface area contributed by atoms with Crippen molar-refractivity contribution in [2.45, 2.75) is 0 Å². The summed E-state index contributed by atoms with van der Waals surface area (Å²) in [6.07, 6.45) is 0. The van der Waals surface area contributed by atoms with Crippen LogP contribution in [0.3, 0.4) is 0 Å². The van der Waals surface area contributed by atoms with Crippen LogP contribution in [-0.2, 0) is 0 Å². The topological polar surface area (TPSA) is 27.2 Å². The zero-order valence-electron chi connectivity index (χ0n) is 18.8. The van der Waals surface area contributed by atoms with Gasteiger partial charge < -0.3 is 4.57 Å². The predicted octanol–water partition coefficient (Wildman–Crippen LogP) is 7.53. The number of hydrogen-bond acceptors (Lipinski definition) is 1. The summed E-state index contributed by atoms with van der Waals surface area (Å²) in [4.78, 5) is 5.04. The van der Waals surface area contributed by atoms with Crippen LogP contribution in [0, 0.1) is 0 Å². The molecule has 0 unspecified atom stereocenters. The van der Waals surface area contributed by atoms with E-state index in [1.54, 1.807) is 0 Å². The van der Waals surface area contributed by atoms with Crippen LogP contribution in [0.2, 0.25) is 0 Å². The van der Waals surface area contributed by atoms with Crippen molar-refractivity contribution < 1.29 is 0 Å². The third-order valence-electron chi connectivity index (χ3n) is 7.03. The Bertz CT molecular complexity index is 2020. The molecular formula is C31H20N4. The molecule has 0 atom stereocenters. The van der Waals surface area contributed by atoms with Crippen LogP contribution in [0.15, 0.2) is 121 Å². The molecule has 5 aromatic carbocycles. The fraction of sp³-hybridized carbons (Fsp3) is 0. The molecule has 0 aliphatic heterocycles. The van der Waals surface area contributed by atoms with Crippen LogP contribution in [0.4, 0.5) is 0 Å². The molecule has 0 radical (unpaired) electrons. The second-order valence-corrected chi connectivity index (χ2v) is 8.95. The van der Waals surface area contributed by atoms with E-state index in [-0.39, 0.29) is 0 Å². The molecule has 0 N–H and O–H groups in total. The van der Waals surface area contributed by atoms with Gasteiger partial charge in [0.05, 0.1) is 38.8 Å². The molecule has 4 heteroatoms. The Morgan fingerprint density at radius 2 is 0.971 bits per heavy atom. The van der Waals surface area contributed by atoms with Gasteiger partial charge in [0, 0.05) is 16.5 Å². The van der Waals surface area contributed by atoms with Gasteiger partial charge in [0.1, 0.15) is 0 Å². The SMILES string of the molecule is c1cc(-n2c3ccccc3c3ccccc32)cc(-n2c3ccccc3n3c4ccccc4nc23)c1. The number of para-hydroxylation sites is 6. The Morgan fingerprint density at radius 3 is 1.69 bits per heavy atom. The van der Waals surface area contributed by atoms with Crippen molar-refractivity contribution in [3.63, 3.8) is 0 Å². The van der Waals surface area contributed by atoms with Crippen molar-refractivity contribution in [1.29, 1.82) is 0 Å². The maximum absolute atomic E-state index is 5.04. The van der Waals surface area contributed by atoms with Gasteiger partial charge in [0.25, 0.3) is 0 Å². The van der Waals surface area contributed by atoms with Crippen LogP contribution in [-0.4, -0.2) is 18.5 Å². The fourth-order valence-corrected chi connectivity index (χ4v) is 5.58. The number of benzene rings is 5. The Kier molecular flexibility index (Phi) is 3.63. The molecular weight excluding hydrogens is 428 g/mol. The number of aromatic nitrogens is 4. The molecule has 8 rings (SSSR count). The lowest BCUT2D eigenvalue weighted by atomic mass is 10.2. The Labute approximate surface area is 200 Å². The molecule has 0 spiro atoms. The molecule has 0 amide bonds. The number of nitrogens with zero attached hydrogens (tertiary/aromatic N) is 4. The normalized spacial score (nSPS) is 12.0. The van der Waals surface area contributed by atoms with E-state index in [0.29, 0.717) is 0 Å². The summed E-state index contributed by atoms with van der Waals surface area (Å²) in [5, 5.41) is 2.53. The molecule has 4 nitrogen and oxygen atoms in total. The summed E-state index contributed by atoms with van der Waals surface area (Å²) in [6.45, 7) is 0. The first-order valence-corrected chi connectivity index (χ1v) is 11.8. The largest absolute Gasteiger partial charge is 0.309 e. The van der Waals surface area contributed by atoms with E-state index in [0.717, 1.165) is 39.2 Å². The van der Waals surface area contributed by atoms with Crippen molar-refractivity contribution in [1.82, 2.24) is 18.5 Å². The van der Waals surface area contributed by atoms with Gasteiger partial charge in [-0.25, -0.2) is 4.98 Å². The van der Waals surface area contributed by atoms with Crippen molar-refractivity contribution in [2.75, 3.05) is 0 Å². The number of hydrogen-bond donors (Lipinski definition) is 0. The molecule has 0 bridgehead atoms. The molecule has 3 aromatic heterocycles. The van der Waals surface area contributed by atoms with Crippen LogP contribution < -0.4 is 0 Å². The lowest BCUT2D eigenvalue weighted by molar-refractivity contribution is 1.09. The summed E-state index contributed by atoms with van der Waals surface area (Å²) in [5.41, 5.74) is 9.05. The summed E-state index contributed by atoms with van der Waals surface area (Å²) in [5.74, 6) is 0.923. The first-order chi connectivity index (χ1) is 17.4. The van der Waals surface area contributed by atoms with Crippen molar-refractivity contribution in [2.24, 2.45) is 0 Å². The minimum Gasteiger partial charge on any atom is -0.309 e. The molecule has 0 saturated carbocycles. The summed E-state index contributed by atoms with van der Waals surface area (Å²) < 4.78 is 6.89. The Hall–Kier alpha value is -4.83. The van der Waals surface area contributed by atoms with Gasteiger partial charge in [-0.3, -0.25) is 8.97 Å². The fourth-order valence-electron chi connectivity index (χ4n) is 5.58. The zero-order valence-corrected chi connectivity index (χ0v) is 18.8. The predicted molar refractivity (Wildman–Crippen MR) is 144 cm³/mol. The van der Waals surface area contributed by atoms with Crippen molar-refractivity contribution in [3.8, 4) is 11.4 Å². The zero-order chi connectivity index (χ0) is 22.9. The van der Waals surface area contributed by atoms with E-state index in [1.165, 1.54) is 21.8 Å². The molecule has 35 heavy (non-hydrogen) atoms. The van der Waals surface area contributed by atoms with Gasteiger partial charge in [-0.1, -0.05) is 66.7 Å². The van der Waals surface area contributed by atoms with Gasteiger partial charge in [0.2, 0.25) is 5.78 Å². The van der Waals surface area contributed by atoms with Crippen molar-refractivity contribution >= 4 is 49.7 Å². The highest BCUT2D eigenvalue weighted by Crippen LogP contribution is 2.34. The van der Waals surface area contributed by atoms with Gasteiger partial charge >= 0.3 is 0 Å². The first-order valence-electron chi connectivity index (χ1n) is 11.8. The maximum Gasteiger partial charge on any atom is 0.220 e. The highest BCUT2D eigenvalue weighted by atomic mass is 15.2. The summed E-state index contributed by atoms with van der Waals surface area (Å²) in [7, 11) is 0. The van der Waals surface area contributed by atoms with Crippen LogP contribution >= 0.6 is 0 Å². The van der Waals surface area contributed by atoms with Gasteiger partial charge in [-0.15, -0.1) is 0 Å². The van der Waals surface area contributed by atoms with E-state index in [1.807, 2.05) is 6.07 Å². The molecule has 0 fully saturated rings. The van der Waals surface area contributed by atoms with Gasteiger partial charge in [0.15, 0.2) is 0 Å². The van der Waals surface area contributed by atoms with E-state index in [2.05, 4.69) is 129 Å². The quantitative estimate of drug-likeness (QED) is 0.269. The second-order valence-electron chi connectivity index (χ2n) is 8.95. The Morgan fingerprint density at radius 1 is 0.429 bits per heavy atom. The third kappa shape index (κ3) is 2.48. The lowest BCUT2D eigenvalue weighted by Crippen LogP contribution is -1.99. The number of fused-ring (bicyclic) bond motifs is 8. The molecule has 0 saturated heterocycles. The average molecular weight is 449 g/mol. The molecule has 3 heterocycles. The maximum atomic E-state index is 5.04. The van der Waals surface area contributed by atoms with E-state index >= 15 is 0 Å². The first kappa shape index (κ1) is 18.6. The van der Waals surface area contributed by atoms with E-state index < -0.39 is 0 Å². The molecule has 0 aliphatic rings. The monoisotopic (exact) mass is 448 g/mol.